The number of nitrogens with two attached hydrogens (primary N) is 1. The van der Waals surface area contributed by atoms with Crippen molar-refractivity contribution < 1.29 is 17.9 Å². The normalized spacial score (nSPS) is 25.0. The Bertz CT molecular complexity index is 759. The van der Waals surface area contributed by atoms with E-state index in [1.54, 1.807) is 26.0 Å². The van der Waals surface area contributed by atoms with Crippen LogP contribution in [0.4, 0.5) is 5.69 Å². The maximum Gasteiger partial charge on any atom is 0.245 e. The minimum atomic E-state index is -3.56. The van der Waals surface area contributed by atoms with Gasteiger partial charge in [0, 0.05) is 30.2 Å². The Morgan fingerprint density at radius 2 is 1.88 bits per heavy atom. The lowest BCUT2D eigenvalue weighted by Crippen LogP contribution is -2.74. The molecule has 2 unspecified atom stereocenters. The fourth-order valence-electron chi connectivity index (χ4n) is 3.16. The first kappa shape index (κ1) is 20.8. The second-order valence-electron chi connectivity index (χ2n) is 7.60. The molecule has 0 heterocycles. The van der Waals surface area contributed by atoms with E-state index in [-0.39, 0.29) is 22.9 Å². The highest BCUT2D eigenvalue weighted by Crippen LogP contribution is 2.50. The van der Waals surface area contributed by atoms with E-state index in [2.05, 4.69) is 10.0 Å². The molecule has 1 fully saturated rings. The van der Waals surface area contributed by atoms with Gasteiger partial charge in [0.15, 0.2) is 0 Å². The summed E-state index contributed by atoms with van der Waals surface area (Å²) in [6.07, 6.45) is 0.391. The molecule has 0 spiro atoms. The zero-order valence-corrected chi connectivity index (χ0v) is 16.8. The van der Waals surface area contributed by atoms with Crippen LogP contribution >= 0.6 is 0 Å². The van der Waals surface area contributed by atoms with Crippen molar-refractivity contribution in [3.8, 4) is 0 Å². The summed E-state index contributed by atoms with van der Waals surface area (Å²) < 4.78 is 32.4. The molecule has 8 heteroatoms. The molecule has 1 aromatic carbocycles. The number of benzene rings is 1. The lowest BCUT2D eigenvalue weighted by Gasteiger charge is -2.57. The fourth-order valence-corrected chi connectivity index (χ4v) is 4.41. The van der Waals surface area contributed by atoms with Crippen LogP contribution in [-0.4, -0.2) is 38.6 Å². The molecule has 1 aromatic rings. The van der Waals surface area contributed by atoms with Gasteiger partial charge >= 0.3 is 0 Å². The maximum atomic E-state index is 12.7. The summed E-state index contributed by atoms with van der Waals surface area (Å²) in [5.74, 6) is -0.297. The third kappa shape index (κ3) is 3.78. The van der Waals surface area contributed by atoms with Crippen LogP contribution in [0.5, 0.6) is 0 Å². The Morgan fingerprint density at radius 3 is 2.35 bits per heavy atom. The van der Waals surface area contributed by atoms with Gasteiger partial charge in [0.25, 0.3) is 0 Å². The standard InChI is InChI=1S/C18H29N3O4S/c1-6-25-15-11-18(19,17(15,4)5)16(22)20-13-7-9-14(10-8-13)26(23,24)21-12(2)3/h7-10,12,15,21H,6,11,19H2,1-5H3,(H,20,22). The lowest BCUT2D eigenvalue weighted by atomic mass is 9.54. The highest BCUT2D eigenvalue weighted by atomic mass is 32.2. The second kappa shape index (κ2) is 7.26. The van der Waals surface area contributed by atoms with E-state index in [1.807, 2.05) is 20.8 Å². The summed E-state index contributed by atoms with van der Waals surface area (Å²) in [4.78, 5) is 12.8. The molecule has 0 saturated heterocycles. The zero-order valence-electron chi connectivity index (χ0n) is 16.0. The SMILES string of the molecule is CCOC1CC(N)(C(=O)Nc2ccc(S(=O)(=O)NC(C)C)cc2)C1(C)C. The molecule has 2 rings (SSSR count). The van der Waals surface area contributed by atoms with Gasteiger partial charge < -0.3 is 15.8 Å². The number of hydrogen-bond acceptors (Lipinski definition) is 5. The van der Waals surface area contributed by atoms with Crippen LogP contribution in [0, 0.1) is 5.41 Å². The third-order valence-electron chi connectivity index (χ3n) is 5.05. The van der Waals surface area contributed by atoms with Gasteiger partial charge in [-0.2, -0.15) is 0 Å². The summed E-state index contributed by atoms with van der Waals surface area (Å²) in [5.41, 5.74) is 5.33. The molecule has 2 atom stereocenters. The summed E-state index contributed by atoms with van der Waals surface area (Å²) in [5, 5.41) is 2.79. The Kier molecular flexibility index (Phi) is 5.82. The summed E-state index contributed by atoms with van der Waals surface area (Å²) in [7, 11) is -3.56. The Hall–Kier alpha value is -1.48. The molecule has 1 amide bonds. The molecule has 0 aromatic heterocycles. The molecule has 0 radical (unpaired) electrons. The van der Waals surface area contributed by atoms with Crippen molar-refractivity contribution in [2.24, 2.45) is 11.1 Å². The number of ether oxygens (including phenoxy) is 1. The molecule has 0 bridgehead atoms. The van der Waals surface area contributed by atoms with Crippen molar-refractivity contribution in [2.75, 3.05) is 11.9 Å². The minimum absolute atomic E-state index is 0.0575. The van der Waals surface area contributed by atoms with Crippen LogP contribution in [0.1, 0.15) is 41.0 Å². The Balaban J connectivity index is 2.09. The highest BCUT2D eigenvalue weighted by Gasteiger charge is 2.62. The average molecular weight is 384 g/mol. The lowest BCUT2D eigenvalue weighted by molar-refractivity contribution is -0.166. The summed E-state index contributed by atoms with van der Waals surface area (Å²) >= 11 is 0. The van der Waals surface area contributed by atoms with E-state index in [1.165, 1.54) is 12.1 Å². The number of carbonyl (C=O) groups is 1. The van der Waals surface area contributed by atoms with Crippen molar-refractivity contribution >= 4 is 21.6 Å². The van der Waals surface area contributed by atoms with Gasteiger partial charge in [-0.05, 0) is 45.0 Å². The van der Waals surface area contributed by atoms with Crippen LogP contribution in [0.15, 0.2) is 29.2 Å². The van der Waals surface area contributed by atoms with E-state index >= 15 is 0 Å². The second-order valence-corrected chi connectivity index (χ2v) is 9.31. The topological polar surface area (TPSA) is 111 Å². The number of hydrogen-bond donors (Lipinski definition) is 3. The largest absolute Gasteiger partial charge is 0.378 e. The number of sulfonamides is 1. The van der Waals surface area contributed by atoms with Gasteiger partial charge in [-0.3, -0.25) is 4.79 Å². The number of rotatable bonds is 7. The molecule has 1 aliphatic rings. The van der Waals surface area contributed by atoms with Crippen LogP contribution in [0.2, 0.25) is 0 Å². The predicted octanol–water partition coefficient (Wildman–Crippen LogP) is 1.84. The molecular weight excluding hydrogens is 354 g/mol. The fraction of sp³-hybridized carbons (Fsp3) is 0.611. The molecule has 146 valence electrons. The van der Waals surface area contributed by atoms with Gasteiger partial charge in [-0.1, -0.05) is 13.8 Å². The Labute approximate surface area is 155 Å². The minimum Gasteiger partial charge on any atom is -0.378 e. The number of amides is 1. The molecular formula is C18H29N3O4S. The predicted molar refractivity (Wildman–Crippen MR) is 101 cm³/mol. The zero-order chi connectivity index (χ0) is 19.8. The van der Waals surface area contributed by atoms with Gasteiger partial charge in [-0.15, -0.1) is 0 Å². The average Bonchev–Trinajstić information content (AvgIpc) is 2.53. The van der Waals surface area contributed by atoms with Crippen molar-refractivity contribution in [1.82, 2.24) is 4.72 Å². The van der Waals surface area contributed by atoms with Crippen molar-refractivity contribution in [1.29, 1.82) is 0 Å². The Morgan fingerprint density at radius 1 is 1.31 bits per heavy atom. The van der Waals surface area contributed by atoms with Crippen molar-refractivity contribution in [2.45, 2.75) is 63.6 Å². The van der Waals surface area contributed by atoms with Crippen LogP contribution in [0.25, 0.3) is 0 Å². The van der Waals surface area contributed by atoms with Gasteiger partial charge in [0.1, 0.15) is 5.54 Å². The van der Waals surface area contributed by atoms with E-state index in [4.69, 9.17) is 10.5 Å². The smallest absolute Gasteiger partial charge is 0.245 e. The first-order valence-corrected chi connectivity index (χ1v) is 10.3. The van der Waals surface area contributed by atoms with Crippen molar-refractivity contribution in [3.05, 3.63) is 24.3 Å². The highest BCUT2D eigenvalue weighted by molar-refractivity contribution is 7.89. The summed E-state index contributed by atoms with van der Waals surface area (Å²) in [6, 6.07) is 5.83. The van der Waals surface area contributed by atoms with Gasteiger partial charge in [-0.25, -0.2) is 13.1 Å². The summed E-state index contributed by atoms with van der Waals surface area (Å²) in [6.45, 7) is 9.83. The monoisotopic (exact) mass is 383 g/mol. The van der Waals surface area contributed by atoms with Crippen molar-refractivity contribution in [3.63, 3.8) is 0 Å². The molecule has 0 aliphatic heterocycles. The molecule has 4 N–H and O–H groups in total. The molecule has 1 saturated carbocycles. The first-order valence-electron chi connectivity index (χ1n) is 8.78. The maximum absolute atomic E-state index is 12.7. The molecule has 26 heavy (non-hydrogen) atoms. The van der Waals surface area contributed by atoms with E-state index < -0.39 is 21.0 Å². The van der Waals surface area contributed by atoms with Crippen LogP contribution in [0.3, 0.4) is 0 Å². The van der Waals surface area contributed by atoms with E-state index in [0.717, 1.165) is 0 Å². The van der Waals surface area contributed by atoms with E-state index in [0.29, 0.717) is 18.7 Å². The number of nitrogens with one attached hydrogen (secondary N) is 2. The van der Waals surface area contributed by atoms with E-state index in [9.17, 15) is 13.2 Å². The first-order chi connectivity index (χ1) is 11.9. The van der Waals surface area contributed by atoms with Crippen LogP contribution in [-0.2, 0) is 19.6 Å². The third-order valence-corrected chi connectivity index (χ3v) is 6.72. The quantitative estimate of drug-likeness (QED) is 0.665. The number of carbonyl (C=O) groups excluding carboxylic acids is 1. The number of anilines is 1. The molecule has 7 nitrogen and oxygen atoms in total. The van der Waals surface area contributed by atoms with Gasteiger partial charge in [0.05, 0.1) is 11.0 Å². The molecule has 1 aliphatic carbocycles. The van der Waals surface area contributed by atoms with Gasteiger partial charge in [0.2, 0.25) is 15.9 Å². The van der Waals surface area contributed by atoms with Crippen LogP contribution < -0.4 is 15.8 Å².